The molecule has 0 bridgehead atoms. The largest absolute Gasteiger partial charge is 0.392 e. The van der Waals surface area contributed by atoms with Crippen LogP contribution in [-0.2, 0) is 9.84 Å². The highest BCUT2D eigenvalue weighted by atomic mass is 32.2. The summed E-state index contributed by atoms with van der Waals surface area (Å²) in [4.78, 5) is 0.0653. The Hall–Kier alpha value is -0.160. The summed E-state index contributed by atoms with van der Waals surface area (Å²) in [5, 5.41) is 0. The maximum absolute atomic E-state index is 11.2. The Bertz CT molecular complexity index is 247. The summed E-state index contributed by atoms with van der Waals surface area (Å²) in [7, 11) is -3.03. The first kappa shape index (κ1) is 12.8. The van der Waals surface area contributed by atoms with E-state index in [0.29, 0.717) is 0 Å². The van der Waals surface area contributed by atoms with Gasteiger partial charge in [0.2, 0.25) is 0 Å². The van der Waals surface area contributed by atoms with Gasteiger partial charge in [0.05, 0.1) is 10.7 Å². The highest BCUT2D eigenvalue weighted by Crippen LogP contribution is 2.02. The lowest BCUT2D eigenvalue weighted by atomic mass is 10.2. The van der Waals surface area contributed by atoms with Crippen LogP contribution in [0.25, 0.3) is 0 Å². The van der Waals surface area contributed by atoms with Crippen molar-refractivity contribution in [3.63, 3.8) is 0 Å². The van der Waals surface area contributed by atoms with E-state index in [-0.39, 0.29) is 16.5 Å². The Morgan fingerprint density at radius 2 is 1.92 bits per heavy atom. The monoisotopic (exact) mass is 223 g/mol. The smallest absolute Gasteiger partial charge is 0.156 e. The van der Waals surface area contributed by atoms with E-state index in [4.69, 9.17) is 5.73 Å². The van der Waals surface area contributed by atoms with Gasteiger partial charge in [-0.15, -0.1) is 0 Å². The quantitative estimate of drug-likeness (QED) is 0.521. The van der Waals surface area contributed by atoms with Crippen LogP contribution >= 0.6 is 12.2 Å². The van der Waals surface area contributed by atoms with Crippen LogP contribution in [0.3, 0.4) is 0 Å². The number of thiocarbonyl (C=S) groups is 1. The molecule has 5 heteroatoms. The van der Waals surface area contributed by atoms with Crippen LogP contribution in [0.2, 0.25) is 0 Å². The summed E-state index contributed by atoms with van der Waals surface area (Å²) in [6.07, 6.45) is 3.88. The molecule has 0 saturated carbocycles. The number of sulfone groups is 1. The molecule has 0 aromatic rings. The molecule has 0 saturated heterocycles. The minimum absolute atomic E-state index is 0.0653. The third-order valence-corrected chi connectivity index (χ3v) is 3.66. The van der Waals surface area contributed by atoms with Crippen molar-refractivity contribution in [1.29, 1.82) is 0 Å². The topological polar surface area (TPSA) is 60.2 Å². The molecule has 0 radical (unpaired) electrons. The molecule has 0 aromatic heterocycles. The van der Waals surface area contributed by atoms with Crippen molar-refractivity contribution in [2.24, 2.45) is 5.73 Å². The van der Waals surface area contributed by atoms with E-state index in [2.05, 4.69) is 19.1 Å². The number of unbranched alkanes of at least 4 members (excludes halogenated alkanes) is 3. The first-order valence-electron chi connectivity index (χ1n) is 4.46. The zero-order chi connectivity index (χ0) is 10.3. The SMILES string of the molecule is CCCCCCS(=O)(=O)CC(N)=S. The van der Waals surface area contributed by atoms with Gasteiger partial charge >= 0.3 is 0 Å². The molecule has 0 aliphatic heterocycles. The van der Waals surface area contributed by atoms with E-state index >= 15 is 0 Å². The van der Waals surface area contributed by atoms with Crippen LogP contribution in [0.5, 0.6) is 0 Å². The van der Waals surface area contributed by atoms with Gasteiger partial charge < -0.3 is 5.73 Å². The van der Waals surface area contributed by atoms with Gasteiger partial charge in [-0.05, 0) is 6.42 Å². The molecule has 0 unspecified atom stereocenters. The van der Waals surface area contributed by atoms with Crippen molar-refractivity contribution in [1.82, 2.24) is 0 Å². The van der Waals surface area contributed by atoms with Gasteiger partial charge in [0.25, 0.3) is 0 Å². The Kier molecular flexibility index (Phi) is 6.24. The summed E-state index contributed by atoms with van der Waals surface area (Å²) in [5.74, 6) is 0.0683. The van der Waals surface area contributed by atoms with Gasteiger partial charge in [-0.2, -0.15) is 0 Å². The lowest BCUT2D eigenvalue weighted by Gasteiger charge is -2.02. The number of nitrogens with two attached hydrogens (primary N) is 1. The van der Waals surface area contributed by atoms with Gasteiger partial charge in [0.1, 0.15) is 5.75 Å². The normalized spacial score (nSPS) is 11.5. The number of hydrogen-bond donors (Lipinski definition) is 1. The fourth-order valence-electron chi connectivity index (χ4n) is 1.04. The Morgan fingerprint density at radius 3 is 2.38 bits per heavy atom. The molecule has 0 rings (SSSR count). The van der Waals surface area contributed by atoms with Crippen molar-refractivity contribution >= 4 is 27.0 Å². The zero-order valence-electron chi connectivity index (χ0n) is 7.95. The third kappa shape index (κ3) is 8.18. The first-order chi connectivity index (χ1) is 5.98. The minimum atomic E-state index is -3.03. The van der Waals surface area contributed by atoms with Crippen molar-refractivity contribution in [2.45, 2.75) is 32.6 Å². The summed E-state index contributed by atoms with van der Waals surface area (Å²) in [6, 6.07) is 0. The summed E-state index contributed by atoms with van der Waals surface area (Å²) in [6.45, 7) is 2.09. The van der Waals surface area contributed by atoms with Crippen LogP contribution in [0, 0.1) is 0 Å². The van der Waals surface area contributed by atoms with E-state index in [9.17, 15) is 8.42 Å². The first-order valence-corrected chi connectivity index (χ1v) is 6.69. The molecule has 78 valence electrons. The second-order valence-electron chi connectivity index (χ2n) is 3.12. The Labute approximate surface area is 85.6 Å². The third-order valence-electron chi connectivity index (χ3n) is 1.67. The molecule has 0 spiro atoms. The Morgan fingerprint density at radius 1 is 1.31 bits per heavy atom. The predicted molar refractivity (Wildman–Crippen MR) is 59.6 cm³/mol. The number of rotatable bonds is 7. The average Bonchev–Trinajstić information content (AvgIpc) is 1.95. The molecule has 13 heavy (non-hydrogen) atoms. The standard InChI is InChI=1S/C8H17NO2S2/c1-2-3-4-5-6-13(10,11)7-8(9)12/h2-7H2,1H3,(H2,9,12). The van der Waals surface area contributed by atoms with Crippen molar-refractivity contribution < 1.29 is 8.42 Å². The van der Waals surface area contributed by atoms with Crippen molar-refractivity contribution in [2.75, 3.05) is 11.5 Å². The van der Waals surface area contributed by atoms with Crippen molar-refractivity contribution in [3.8, 4) is 0 Å². The highest BCUT2D eigenvalue weighted by molar-refractivity contribution is 7.93. The van der Waals surface area contributed by atoms with E-state index in [1.165, 1.54) is 0 Å². The van der Waals surface area contributed by atoms with Crippen LogP contribution in [0.4, 0.5) is 0 Å². The van der Waals surface area contributed by atoms with Crippen LogP contribution in [0.15, 0.2) is 0 Å². The van der Waals surface area contributed by atoms with E-state index in [1.54, 1.807) is 0 Å². The van der Waals surface area contributed by atoms with Crippen LogP contribution in [0.1, 0.15) is 32.6 Å². The fraction of sp³-hybridized carbons (Fsp3) is 0.875. The van der Waals surface area contributed by atoms with Gasteiger partial charge in [-0.25, -0.2) is 8.42 Å². The van der Waals surface area contributed by atoms with Gasteiger partial charge in [-0.3, -0.25) is 0 Å². The zero-order valence-corrected chi connectivity index (χ0v) is 9.59. The lowest BCUT2D eigenvalue weighted by Crippen LogP contribution is -2.23. The molecule has 2 N–H and O–H groups in total. The highest BCUT2D eigenvalue weighted by Gasteiger charge is 2.11. The lowest BCUT2D eigenvalue weighted by molar-refractivity contribution is 0.593. The van der Waals surface area contributed by atoms with E-state index in [0.717, 1.165) is 25.7 Å². The van der Waals surface area contributed by atoms with E-state index < -0.39 is 9.84 Å². The summed E-state index contributed by atoms with van der Waals surface area (Å²) in [5.41, 5.74) is 5.16. The molecule has 0 aliphatic carbocycles. The molecule has 0 atom stereocenters. The molecule has 0 amide bonds. The number of hydrogen-bond acceptors (Lipinski definition) is 3. The average molecular weight is 223 g/mol. The maximum atomic E-state index is 11.2. The van der Waals surface area contributed by atoms with Gasteiger partial charge in [0, 0.05) is 0 Å². The molecule has 3 nitrogen and oxygen atoms in total. The predicted octanol–water partition coefficient (Wildman–Crippen LogP) is 1.27. The van der Waals surface area contributed by atoms with E-state index in [1.807, 2.05) is 0 Å². The minimum Gasteiger partial charge on any atom is -0.392 e. The molecular formula is C8H17NO2S2. The summed E-state index contributed by atoms with van der Waals surface area (Å²) >= 11 is 4.54. The molecule has 0 fully saturated rings. The molecule has 0 aliphatic rings. The molecule has 0 heterocycles. The fourth-order valence-corrected chi connectivity index (χ4v) is 2.80. The second kappa shape index (κ2) is 6.32. The molecule has 0 aromatic carbocycles. The van der Waals surface area contributed by atoms with Gasteiger partial charge in [-0.1, -0.05) is 38.4 Å². The Balaban J connectivity index is 3.71. The van der Waals surface area contributed by atoms with Gasteiger partial charge in [0.15, 0.2) is 9.84 Å². The van der Waals surface area contributed by atoms with Crippen LogP contribution < -0.4 is 5.73 Å². The molecular weight excluding hydrogens is 206 g/mol. The summed E-state index contributed by atoms with van der Waals surface area (Å²) < 4.78 is 22.5. The van der Waals surface area contributed by atoms with Crippen molar-refractivity contribution in [3.05, 3.63) is 0 Å². The maximum Gasteiger partial charge on any atom is 0.156 e. The van der Waals surface area contributed by atoms with Crippen LogP contribution in [-0.4, -0.2) is 24.9 Å². The second-order valence-corrected chi connectivity index (χ2v) is 5.83.